The van der Waals surface area contributed by atoms with Crippen LogP contribution in [0, 0.1) is 5.92 Å². The van der Waals surface area contributed by atoms with Gasteiger partial charge in [-0.1, -0.05) is 13.8 Å². The fourth-order valence-electron chi connectivity index (χ4n) is 1.73. The Hall–Kier alpha value is -1.40. The first-order chi connectivity index (χ1) is 9.11. The molecule has 0 saturated heterocycles. The molecule has 0 aliphatic carbocycles. The van der Waals surface area contributed by atoms with Crippen molar-refractivity contribution < 1.29 is 4.74 Å². The minimum atomic E-state index is 0.150. The molecule has 2 heterocycles. The van der Waals surface area contributed by atoms with Crippen molar-refractivity contribution in [2.24, 2.45) is 5.92 Å². The van der Waals surface area contributed by atoms with Gasteiger partial charge < -0.3 is 15.0 Å². The van der Waals surface area contributed by atoms with Crippen LogP contribution in [0.3, 0.4) is 0 Å². The number of aromatic amines is 1. The number of rotatable bonds is 6. The normalized spacial score (nSPS) is 13.1. The van der Waals surface area contributed by atoms with Crippen LogP contribution in [0.5, 0.6) is 0 Å². The molecule has 1 atom stereocenters. The Balaban J connectivity index is 2.25. The number of H-pyrrole nitrogens is 1. The maximum absolute atomic E-state index is 5.90. The van der Waals surface area contributed by atoms with Crippen LogP contribution in [0.2, 0.25) is 5.28 Å². The maximum atomic E-state index is 5.90. The fourth-order valence-corrected chi connectivity index (χ4v) is 1.90. The zero-order valence-electron chi connectivity index (χ0n) is 11.3. The van der Waals surface area contributed by atoms with Crippen molar-refractivity contribution in [1.29, 1.82) is 0 Å². The summed E-state index contributed by atoms with van der Waals surface area (Å²) in [7, 11) is 0. The molecule has 0 aromatic carbocycles. The average molecular weight is 284 g/mol. The van der Waals surface area contributed by atoms with Gasteiger partial charge in [-0.25, -0.2) is 4.98 Å². The van der Waals surface area contributed by atoms with E-state index in [1.165, 1.54) is 0 Å². The lowest BCUT2D eigenvalue weighted by molar-refractivity contribution is 0.126. The van der Waals surface area contributed by atoms with Gasteiger partial charge in [-0.15, -0.1) is 0 Å². The lowest BCUT2D eigenvalue weighted by Gasteiger charge is -2.22. The quantitative estimate of drug-likeness (QED) is 0.797. The highest BCUT2D eigenvalue weighted by molar-refractivity contribution is 6.28. The lowest BCUT2D eigenvalue weighted by Crippen LogP contribution is -2.31. The summed E-state index contributed by atoms with van der Waals surface area (Å²) in [5, 5.41) is 3.53. The van der Waals surface area contributed by atoms with E-state index >= 15 is 0 Å². The maximum Gasteiger partial charge on any atom is 0.226 e. The van der Waals surface area contributed by atoms with Crippen molar-refractivity contribution in [2.75, 3.05) is 18.5 Å². The molecule has 2 aromatic heterocycles. The molecule has 0 saturated carbocycles. The molecule has 0 amide bonds. The van der Waals surface area contributed by atoms with Crippen LogP contribution in [-0.4, -0.2) is 39.2 Å². The third-order valence-corrected chi connectivity index (χ3v) is 3.06. The van der Waals surface area contributed by atoms with Gasteiger partial charge >= 0.3 is 0 Å². The topological polar surface area (TPSA) is 75.7 Å². The van der Waals surface area contributed by atoms with Crippen LogP contribution >= 0.6 is 11.6 Å². The van der Waals surface area contributed by atoms with Crippen molar-refractivity contribution in [2.45, 2.75) is 26.8 Å². The highest BCUT2D eigenvalue weighted by Crippen LogP contribution is 2.20. The van der Waals surface area contributed by atoms with Crippen molar-refractivity contribution in [3.63, 3.8) is 0 Å². The standard InChI is InChI=1S/C12H18ClN5O/c1-4-19-5-8(7(2)3)16-11-9-10(15-6-14-9)17-12(13)18-11/h6-8H,4-5H2,1-3H3,(H2,14,15,16,17,18). The summed E-state index contributed by atoms with van der Waals surface area (Å²) < 4.78 is 5.49. The molecular weight excluding hydrogens is 266 g/mol. The molecule has 2 rings (SSSR count). The van der Waals surface area contributed by atoms with E-state index in [9.17, 15) is 0 Å². The van der Waals surface area contributed by atoms with Gasteiger partial charge in [-0.05, 0) is 24.4 Å². The minimum absolute atomic E-state index is 0.150. The second-order valence-electron chi connectivity index (χ2n) is 4.60. The van der Waals surface area contributed by atoms with Crippen molar-refractivity contribution in [3.8, 4) is 0 Å². The first kappa shape index (κ1) is 14.0. The molecule has 104 valence electrons. The number of hydrogen-bond acceptors (Lipinski definition) is 5. The van der Waals surface area contributed by atoms with E-state index in [2.05, 4.69) is 39.1 Å². The van der Waals surface area contributed by atoms with Gasteiger partial charge in [0.15, 0.2) is 11.5 Å². The van der Waals surface area contributed by atoms with E-state index in [1.54, 1.807) is 6.33 Å². The molecule has 0 fully saturated rings. The second kappa shape index (κ2) is 6.16. The molecular formula is C12H18ClN5O. The van der Waals surface area contributed by atoms with Crippen LogP contribution in [0.1, 0.15) is 20.8 Å². The molecule has 0 aliphatic rings. The van der Waals surface area contributed by atoms with Crippen LogP contribution < -0.4 is 5.32 Å². The molecule has 1 unspecified atom stereocenters. The van der Waals surface area contributed by atoms with Crippen molar-refractivity contribution in [1.82, 2.24) is 19.9 Å². The Labute approximate surface area is 117 Å². The van der Waals surface area contributed by atoms with Gasteiger partial charge in [0.1, 0.15) is 5.52 Å². The van der Waals surface area contributed by atoms with E-state index in [0.29, 0.717) is 30.6 Å². The van der Waals surface area contributed by atoms with Gasteiger partial charge in [0.2, 0.25) is 5.28 Å². The van der Waals surface area contributed by atoms with E-state index in [-0.39, 0.29) is 11.3 Å². The molecule has 6 nitrogen and oxygen atoms in total. The Morgan fingerprint density at radius 3 is 2.89 bits per heavy atom. The molecule has 19 heavy (non-hydrogen) atoms. The SMILES string of the molecule is CCOCC(Nc1nc(Cl)nc2nc[nH]c12)C(C)C. The highest BCUT2D eigenvalue weighted by atomic mass is 35.5. The smallest absolute Gasteiger partial charge is 0.226 e. The number of nitrogens with one attached hydrogen (secondary N) is 2. The predicted molar refractivity (Wildman–Crippen MR) is 75.4 cm³/mol. The molecule has 0 aliphatic heterocycles. The number of halogens is 1. The Kier molecular flexibility index (Phi) is 4.55. The van der Waals surface area contributed by atoms with E-state index in [1.807, 2.05) is 6.92 Å². The van der Waals surface area contributed by atoms with Gasteiger partial charge in [0.05, 0.1) is 19.0 Å². The fraction of sp³-hybridized carbons (Fsp3) is 0.583. The van der Waals surface area contributed by atoms with Crippen LogP contribution in [0.25, 0.3) is 11.2 Å². The van der Waals surface area contributed by atoms with Gasteiger partial charge in [0.25, 0.3) is 0 Å². The Morgan fingerprint density at radius 2 is 2.21 bits per heavy atom. The molecule has 2 aromatic rings. The Morgan fingerprint density at radius 1 is 1.42 bits per heavy atom. The van der Waals surface area contributed by atoms with E-state index in [0.717, 1.165) is 5.52 Å². The monoisotopic (exact) mass is 283 g/mol. The molecule has 0 spiro atoms. The summed E-state index contributed by atoms with van der Waals surface area (Å²) in [5.41, 5.74) is 1.31. The zero-order valence-corrected chi connectivity index (χ0v) is 12.0. The minimum Gasteiger partial charge on any atom is -0.380 e. The lowest BCUT2D eigenvalue weighted by atomic mass is 10.1. The first-order valence-corrected chi connectivity index (χ1v) is 6.70. The summed E-state index contributed by atoms with van der Waals surface area (Å²) >= 11 is 5.90. The number of fused-ring (bicyclic) bond motifs is 1. The van der Waals surface area contributed by atoms with Crippen LogP contribution in [0.4, 0.5) is 5.82 Å². The molecule has 0 radical (unpaired) electrons. The van der Waals surface area contributed by atoms with Gasteiger partial charge in [-0.2, -0.15) is 9.97 Å². The summed E-state index contributed by atoms with van der Waals surface area (Å²) in [6, 6.07) is 0.150. The number of aromatic nitrogens is 4. The number of hydrogen-bond donors (Lipinski definition) is 2. The predicted octanol–water partition coefficient (Wildman–Crippen LogP) is 2.48. The summed E-state index contributed by atoms with van der Waals surface area (Å²) in [6.45, 7) is 7.54. The molecule has 0 bridgehead atoms. The summed E-state index contributed by atoms with van der Waals surface area (Å²) in [6.07, 6.45) is 1.58. The average Bonchev–Trinajstić information content (AvgIpc) is 2.81. The van der Waals surface area contributed by atoms with E-state index in [4.69, 9.17) is 16.3 Å². The van der Waals surface area contributed by atoms with Crippen LogP contribution in [0.15, 0.2) is 6.33 Å². The first-order valence-electron chi connectivity index (χ1n) is 6.32. The highest BCUT2D eigenvalue weighted by Gasteiger charge is 2.17. The zero-order chi connectivity index (χ0) is 13.8. The van der Waals surface area contributed by atoms with Crippen molar-refractivity contribution in [3.05, 3.63) is 11.6 Å². The largest absolute Gasteiger partial charge is 0.380 e. The number of anilines is 1. The van der Waals surface area contributed by atoms with Gasteiger partial charge in [-0.3, -0.25) is 0 Å². The molecule has 7 heteroatoms. The number of imidazole rings is 1. The Bertz CT molecular complexity index is 542. The van der Waals surface area contributed by atoms with Crippen molar-refractivity contribution >= 4 is 28.6 Å². The van der Waals surface area contributed by atoms with Crippen LogP contribution in [-0.2, 0) is 4.74 Å². The molecule has 2 N–H and O–H groups in total. The third kappa shape index (κ3) is 3.33. The number of ether oxygens (including phenoxy) is 1. The summed E-state index contributed by atoms with van der Waals surface area (Å²) in [5.74, 6) is 1.06. The van der Waals surface area contributed by atoms with E-state index < -0.39 is 0 Å². The van der Waals surface area contributed by atoms with Gasteiger partial charge in [0, 0.05) is 6.61 Å². The second-order valence-corrected chi connectivity index (χ2v) is 4.93. The third-order valence-electron chi connectivity index (χ3n) is 2.89. The summed E-state index contributed by atoms with van der Waals surface area (Å²) in [4.78, 5) is 15.4. The number of nitrogens with zero attached hydrogens (tertiary/aromatic N) is 3.